The van der Waals surface area contributed by atoms with Crippen molar-refractivity contribution in [3.63, 3.8) is 0 Å². The van der Waals surface area contributed by atoms with Crippen LogP contribution in [0.15, 0.2) is 53.4 Å². The van der Waals surface area contributed by atoms with Gasteiger partial charge in [0.15, 0.2) is 5.82 Å². The van der Waals surface area contributed by atoms with Crippen molar-refractivity contribution in [2.75, 3.05) is 6.26 Å². The van der Waals surface area contributed by atoms with E-state index in [0.717, 1.165) is 5.56 Å². The second-order valence-electron chi connectivity index (χ2n) is 4.67. The SMILES string of the molecule is CSc1ccc(/C=C/c2nc(-c3ccccc3O)n[nH]2)cc1. The first-order chi connectivity index (χ1) is 10.8. The molecule has 1 aromatic heterocycles. The molecule has 0 spiro atoms. The molecule has 22 heavy (non-hydrogen) atoms. The van der Waals surface area contributed by atoms with Crippen LogP contribution in [0.1, 0.15) is 11.4 Å². The molecule has 0 saturated heterocycles. The van der Waals surface area contributed by atoms with Gasteiger partial charge >= 0.3 is 0 Å². The summed E-state index contributed by atoms with van der Waals surface area (Å²) in [5.74, 6) is 1.30. The van der Waals surface area contributed by atoms with Crippen LogP contribution in [0.2, 0.25) is 0 Å². The zero-order valence-corrected chi connectivity index (χ0v) is 12.8. The zero-order valence-electron chi connectivity index (χ0n) is 12.0. The van der Waals surface area contributed by atoms with Crippen molar-refractivity contribution < 1.29 is 5.11 Å². The minimum Gasteiger partial charge on any atom is -0.507 e. The molecule has 0 amide bonds. The van der Waals surface area contributed by atoms with E-state index in [0.29, 0.717) is 17.2 Å². The average molecular weight is 309 g/mol. The predicted molar refractivity (Wildman–Crippen MR) is 90.6 cm³/mol. The van der Waals surface area contributed by atoms with E-state index in [1.54, 1.807) is 30.0 Å². The van der Waals surface area contributed by atoms with Crippen molar-refractivity contribution in [2.45, 2.75) is 4.90 Å². The molecule has 0 saturated carbocycles. The standard InChI is InChI=1S/C17H15N3OS/c1-22-13-9-6-12(7-10-13)8-11-16-18-17(20-19-16)14-4-2-3-5-15(14)21/h2-11,21H,1H3,(H,18,19,20)/b11-8+. The molecule has 4 nitrogen and oxygen atoms in total. The van der Waals surface area contributed by atoms with Gasteiger partial charge in [-0.2, -0.15) is 5.10 Å². The van der Waals surface area contributed by atoms with Gasteiger partial charge in [0.2, 0.25) is 0 Å². The largest absolute Gasteiger partial charge is 0.507 e. The smallest absolute Gasteiger partial charge is 0.185 e. The van der Waals surface area contributed by atoms with Gasteiger partial charge in [0.05, 0.1) is 5.56 Å². The Labute approximate surface area is 132 Å². The Morgan fingerprint density at radius 1 is 1.05 bits per heavy atom. The summed E-state index contributed by atoms with van der Waals surface area (Å²) in [5, 5.41) is 16.8. The molecule has 0 unspecified atom stereocenters. The lowest BCUT2D eigenvalue weighted by molar-refractivity contribution is 0.477. The monoisotopic (exact) mass is 309 g/mol. The molecule has 2 N–H and O–H groups in total. The quantitative estimate of drug-likeness (QED) is 0.713. The number of hydrogen-bond donors (Lipinski definition) is 2. The molecule has 0 aliphatic carbocycles. The van der Waals surface area contributed by atoms with Gasteiger partial charge < -0.3 is 5.11 Å². The van der Waals surface area contributed by atoms with Gasteiger partial charge in [0.25, 0.3) is 0 Å². The maximum absolute atomic E-state index is 9.82. The van der Waals surface area contributed by atoms with E-state index in [4.69, 9.17) is 0 Å². The van der Waals surface area contributed by atoms with Gasteiger partial charge in [-0.1, -0.05) is 30.3 Å². The molecule has 0 bridgehead atoms. The Bertz CT molecular complexity index is 794. The van der Waals surface area contributed by atoms with E-state index in [2.05, 4.69) is 45.7 Å². The summed E-state index contributed by atoms with van der Waals surface area (Å²) >= 11 is 1.72. The summed E-state index contributed by atoms with van der Waals surface area (Å²) < 4.78 is 0. The predicted octanol–water partition coefficient (Wildman–Crippen LogP) is 4.07. The van der Waals surface area contributed by atoms with Crippen LogP contribution in [0.3, 0.4) is 0 Å². The van der Waals surface area contributed by atoms with Gasteiger partial charge in [-0.15, -0.1) is 11.8 Å². The van der Waals surface area contributed by atoms with Crippen LogP contribution in [0, 0.1) is 0 Å². The van der Waals surface area contributed by atoms with Crippen molar-refractivity contribution in [1.82, 2.24) is 15.2 Å². The second kappa shape index (κ2) is 6.49. The van der Waals surface area contributed by atoms with E-state index in [9.17, 15) is 5.11 Å². The fourth-order valence-corrected chi connectivity index (χ4v) is 2.43. The van der Waals surface area contributed by atoms with Crippen LogP contribution >= 0.6 is 11.8 Å². The molecule has 110 valence electrons. The van der Waals surface area contributed by atoms with Crippen molar-refractivity contribution in [1.29, 1.82) is 0 Å². The fraction of sp³-hybridized carbons (Fsp3) is 0.0588. The van der Waals surface area contributed by atoms with Gasteiger partial charge in [-0.25, -0.2) is 4.98 Å². The number of hydrogen-bond acceptors (Lipinski definition) is 4. The molecular weight excluding hydrogens is 294 g/mol. The van der Waals surface area contributed by atoms with Crippen LogP contribution in [0.4, 0.5) is 0 Å². The third-order valence-electron chi connectivity index (χ3n) is 3.20. The summed E-state index contributed by atoms with van der Waals surface area (Å²) in [6, 6.07) is 15.3. The topological polar surface area (TPSA) is 61.8 Å². The van der Waals surface area contributed by atoms with Gasteiger partial charge in [-0.05, 0) is 42.2 Å². The number of nitrogens with one attached hydrogen (secondary N) is 1. The first kappa shape index (κ1) is 14.4. The molecular formula is C17H15N3OS. The zero-order chi connectivity index (χ0) is 15.4. The highest BCUT2D eigenvalue weighted by molar-refractivity contribution is 7.98. The Hall–Kier alpha value is -2.53. The Morgan fingerprint density at radius 2 is 1.82 bits per heavy atom. The number of benzene rings is 2. The van der Waals surface area contributed by atoms with Gasteiger partial charge in [0.1, 0.15) is 11.6 Å². The average Bonchev–Trinajstić information content (AvgIpc) is 3.02. The summed E-state index contributed by atoms with van der Waals surface area (Å²) in [6.45, 7) is 0. The van der Waals surface area contributed by atoms with Crippen molar-refractivity contribution in [3.8, 4) is 17.1 Å². The summed E-state index contributed by atoms with van der Waals surface area (Å²) in [4.78, 5) is 5.61. The minimum atomic E-state index is 0.171. The normalized spacial score (nSPS) is 11.1. The van der Waals surface area contributed by atoms with Crippen LogP contribution in [0.5, 0.6) is 5.75 Å². The van der Waals surface area contributed by atoms with Crippen molar-refractivity contribution >= 4 is 23.9 Å². The number of aromatic nitrogens is 3. The number of aromatic hydroxyl groups is 1. The highest BCUT2D eigenvalue weighted by Crippen LogP contribution is 2.25. The number of thioether (sulfide) groups is 1. The van der Waals surface area contributed by atoms with E-state index in [1.165, 1.54) is 4.90 Å². The van der Waals surface area contributed by atoms with Crippen molar-refractivity contribution in [2.24, 2.45) is 0 Å². The van der Waals surface area contributed by atoms with Crippen LogP contribution in [0.25, 0.3) is 23.5 Å². The molecule has 5 heteroatoms. The van der Waals surface area contributed by atoms with Gasteiger partial charge in [0, 0.05) is 4.90 Å². The Balaban J connectivity index is 1.79. The van der Waals surface area contributed by atoms with E-state index in [-0.39, 0.29) is 5.75 Å². The lowest BCUT2D eigenvalue weighted by Crippen LogP contribution is -1.81. The highest BCUT2D eigenvalue weighted by Gasteiger charge is 2.08. The molecule has 0 radical (unpaired) electrons. The third kappa shape index (κ3) is 3.20. The van der Waals surface area contributed by atoms with Crippen LogP contribution < -0.4 is 0 Å². The number of phenolic OH excluding ortho intramolecular Hbond substituents is 1. The summed E-state index contributed by atoms with van der Waals surface area (Å²) in [7, 11) is 0. The number of nitrogens with zero attached hydrogens (tertiary/aromatic N) is 2. The molecule has 0 fully saturated rings. The maximum Gasteiger partial charge on any atom is 0.185 e. The van der Waals surface area contributed by atoms with Crippen molar-refractivity contribution in [3.05, 3.63) is 59.9 Å². The van der Waals surface area contributed by atoms with E-state index < -0.39 is 0 Å². The summed E-state index contributed by atoms with van der Waals surface area (Å²) in [5.41, 5.74) is 1.71. The number of phenols is 1. The fourth-order valence-electron chi connectivity index (χ4n) is 2.02. The molecule has 0 aliphatic heterocycles. The second-order valence-corrected chi connectivity index (χ2v) is 5.55. The molecule has 0 atom stereocenters. The minimum absolute atomic E-state index is 0.171. The van der Waals surface area contributed by atoms with Crippen LogP contribution in [-0.2, 0) is 0 Å². The molecule has 1 heterocycles. The lowest BCUT2D eigenvalue weighted by Gasteiger charge is -1.97. The number of para-hydroxylation sites is 1. The Kier molecular flexibility index (Phi) is 4.25. The summed E-state index contributed by atoms with van der Waals surface area (Å²) in [6.07, 6.45) is 5.89. The molecule has 3 aromatic rings. The molecule has 3 rings (SSSR count). The number of rotatable bonds is 4. The first-order valence-electron chi connectivity index (χ1n) is 6.79. The highest BCUT2D eigenvalue weighted by atomic mass is 32.2. The lowest BCUT2D eigenvalue weighted by atomic mass is 10.2. The molecule has 0 aliphatic rings. The Morgan fingerprint density at radius 3 is 2.55 bits per heavy atom. The number of aromatic amines is 1. The number of H-pyrrole nitrogens is 1. The van der Waals surface area contributed by atoms with E-state index >= 15 is 0 Å². The van der Waals surface area contributed by atoms with E-state index in [1.807, 2.05) is 18.2 Å². The maximum atomic E-state index is 9.82. The molecule has 2 aromatic carbocycles. The third-order valence-corrected chi connectivity index (χ3v) is 3.94. The van der Waals surface area contributed by atoms with Gasteiger partial charge in [-0.3, -0.25) is 5.10 Å². The van der Waals surface area contributed by atoms with Crippen LogP contribution in [-0.4, -0.2) is 26.5 Å². The first-order valence-corrected chi connectivity index (χ1v) is 8.01.